The quantitative estimate of drug-likeness (QED) is 0.668. The number of hydrogen-bond donors (Lipinski definition) is 2. The average Bonchev–Trinajstić information content (AvgIpc) is 2.07. The summed E-state index contributed by atoms with van der Waals surface area (Å²) in [6.07, 6.45) is 0. The summed E-state index contributed by atoms with van der Waals surface area (Å²) in [6, 6.07) is 8.18. The van der Waals surface area contributed by atoms with E-state index in [1.54, 1.807) is 0 Å². The first-order valence-corrected chi connectivity index (χ1v) is 4.51. The summed E-state index contributed by atoms with van der Waals surface area (Å²) < 4.78 is 0. The van der Waals surface area contributed by atoms with E-state index in [4.69, 9.17) is 10.9 Å². The molecular weight excluding hydrogens is 156 g/mol. The lowest BCUT2D eigenvalue weighted by Crippen LogP contribution is -1.95. The number of rotatable bonds is 3. The molecule has 0 aromatic heterocycles. The van der Waals surface area contributed by atoms with E-state index in [2.05, 4.69) is 12.1 Å². The average molecular weight is 168 g/mol. The highest BCUT2D eigenvalue weighted by Crippen LogP contribution is 2.08. The maximum atomic E-state index is 5.44. The van der Waals surface area contributed by atoms with E-state index in [0.29, 0.717) is 6.54 Å². The molecule has 0 saturated heterocycles. The zero-order valence-corrected chi connectivity index (χ0v) is 7.10. The topological polar surface area (TPSA) is 52.0 Å². The highest BCUT2D eigenvalue weighted by atomic mass is 32.2. The molecule has 0 amide bonds. The monoisotopic (exact) mass is 168 g/mol. The molecule has 0 fully saturated rings. The predicted octanol–water partition coefficient (Wildman–Crippen LogP) is 1.25. The molecule has 1 aromatic carbocycles. The van der Waals surface area contributed by atoms with Crippen LogP contribution < -0.4 is 10.9 Å². The fraction of sp³-hybridized carbons (Fsp3) is 0.250. The van der Waals surface area contributed by atoms with E-state index in [1.165, 1.54) is 17.5 Å². The van der Waals surface area contributed by atoms with Crippen LogP contribution in [0.5, 0.6) is 0 Å². The standard InChI is InChI=1S/C8H12N2S/c9-5-7-1-3-8(4-2-7)6-11-10/h1-4H,5-6,9-10H2. The van der Waals surface area contributed by atoms with Crippen LogP contribution in [0.25, 0.3) is 0 Å². The zero-order valence-electron chi connectivity index (χ0n) is 6.29. The third-order valence-corrected chi connectivity index (χ3v) is 2.01. The largest absolute Gasteiger partial charge is 0.326 e. The Morgan fingerprint density at radius 3 is 2.09 bits per heavy atom. The molecule has 4 N–H and O–H groups in total. The van der Waals surface area contributed by atoms with Gasteiger partial charge in [-0.05, 0) is 11.1 Å². The maximum Gasteiger partial charge on any atom is 0.0328 e. The van der Waals surface area contributed by atoms with Gasteiger partial charge in [0, 0.05) is 12.3 Å². The Hall–Kier alpha value is -0.510. The van der Waals surface area contributed by atoms with Gasteiger partial charge in [0.25, 0.3) is 0 Å². The van der Waals surface area contributed by atoms with Crippen molar-refractivity contribution >= 4 is 11.9 Å². The van der Waals surface area contributed by atoms with E-state index in [1.807, 2.05) is 12.1 Å². The highest BCUT2D eigenvalue weighted by molar-refractivity contribution is 7.96. The fourth-order valence-corrected chi connectivity index (χ4v) is 1.25. The lowest BCUT2D eigenvalue weighted by Gasteiger charge is -1.99. The molecule has 0 aliphatic carbocycles. The molecule has 0 radical (unpaired) electrons. The molecule has 0 aliphatic rings. The van der Waals surface area contributed by atoms with Crippen LogP contribution in [0.1, 0.15) is 11.1 Å². The van der Waals surface area contributed by atoms with Gasteiger partial charge >= 0.3 is 0 Å². The Bertz CT molecular complexity index is 208. The highest BCUT2D eigenvalue weighted by Gasteiger charge is 1.91. The lowest BCUT2D eigenvalue weighted by atomic mass is 10.1. The summed E-state index contributed by atoms with van der Waals surface area (Å²) in [7, 11) is 0. The van der Waals surface area contributed by atoms with Gasteiger partial charge in [-0.1, -0.05) is 36.2 Å². The Balaban J connectivity index is 2.66. The third-order valence-electron chi connectivity index (χ3n) is 1.51. The van der Waals surface area contributed by atoms with Crippen molar-refractivity contribution in [2.75, 3.05) is 0 Å². The van der Waals surface area contributed by atoms with E-state index < -0.39 is 0 Å². The van der Waals surface area contributed by atoms with Crippen LogP contribution in [0.4, 0.5) is 0 Å². The first kappa shape index (κ1) is 8.59. The summed E-state index contributed by atoms with van der Waals surface area (Å²) >= 11 is 1.34. The summed E-state index contributed by atoms with van der Waals surface area (Å²) in [4.78, 5) is 0. The smallest absolute Gasteiger partial charge is 0.0328 e. The second kappa shape index (κ2) is 4.38. The molecule has 11 heavy (non-hydrogen) atoms. The molecule has 0 atom stereocenters. The van der Waals surface area contributed by atoms with Crippen molar-refractivity contribution in [3.8, 4) is 0 Å². The van der Waals surface area contributed by atoms with E-state index in [9.17, 15) is 0 Å². The molecule has 0 spiro atoms. The van der Waals surface area contributed by atoms with Gasteiger partial charge in [-0.15, -0.1) is 0 Å². The molecule has 60 valence electrons. The van der Waals surface area contributed by atoms with Crippen LogP contribution in [0.15, 0.2) is 24.3 Å². The number of benzene rings is 1. The van der Waals surface area contributed by atoms with Crippen LogP contribution >= 0.6 is 11.9 Å². The molecule has 0 aliphatic heterocycles. The van der Waals surface area contributed by atoms with Gasteiger partial charge in [-0.3, -0.25) is 5.14 Å². The fourth-order valence-electron chi connectivity index (χ4n) is 0.868. The molecule has 0 saturated carbocycles. The Labute approximate surface area is 71.1 Å². The first-order chi connectivity index (χ1) is 5.36. The Kier molecular flexibility index (Phi) is 3.42. The second-order valence-corrected chi connectivity index (χ2v) is 2.95. The zero-order chi connectivity index (χ0) is 8.10. The van der Waals surface area contributed by atoms with Crippen LogP contribution in [-0.2, 0) is 12.3 Å². The van der Waals surface area contributed by atoms with E-state index in [-0.39, 0.29) is 0 Å². The van der Waals surface area contributed by atoms with Crippen LogP contribution in [0.3, 0.4) is 0 Å². The van der Waals surface area contributed by atoms with E-state index >= 15 is 0 Å². The molecule has 0 bridgehead atoms. The van der Waals surface area contributed by atoms with Crippen molar-refractivity contribution in [3.63, 3.8) is 0 Å². The SMILES string of the molecule is NCc1ccc(CSN)cc1. The molecule has 3 heteroatoms. The van der Waals surface area contributed by atoms with Gasteiger partial charge < -0.3 is 5.73 Å². The normalized spacial score (nSPS) is 10.0. The van der Waals surface area contributed by atoms with Crippen molar-refractivity contribution in [2.45, 2.75) is 12.3 Å². The molecule has 1 rings (SSSR count). The summed E-state index contributed by atoms with van der Waals surface area (Å²) in [6.45, 7) is 0.607. The van der Waals surface area contributed by atoms with Crippen molar-refractivity contribution in [3.05, 3.63) is 35.4 Å². The van der Waals surface area contributed by atoms with Crippen molar-refractivity contribution in [2.24, 2.45) is 10.9 Å². The number of nitrogens with two attached hydrogens (primary N) is 2. The van der Waals surface area contributed by atoms with Crippen LogP contribution in [0.2, 0.25) is 0 Å². The van der Waals surface area contributed by atoms with Gasteiger partial charge in [-0.2, -0.15) is 0 Å². The van der Waals surface area contributed by atoms with Crippen molar-refractivity contribution < 1.29 is 0 Å². The molecular formula is C8H12N2S. The summed E-state index contributed by atoms with van der Waals surface area (Å²) in [5, 5.41) is 5.32. The minimum atomic E-state index is 0.607. The molecule has 0 heterocycles. The van der Waals surface area contributed by atoms with Crippen LogP contribution in [-0.4, -0.2) is 0 Å². The van der Waals surface area contributed by atoms with Crippen LogP contribution in [0, 0.1) is 0 Å². The van der Waals surface area contributed by atoms with Gasteiger partial charge in [0.2, 0.25) is 0 Å². The first-order valence-electron chi connectivity index (χ1n) is 3.46. The molecule has 2 nitrogen and oxygen atoms in total. The minimum absolute atomic E-state index is 0.607. The van der Waals surface area contributed by atoms with Crippen molar-refractivity contribution in [1.29, 1.82) is 0 Å². The van der Waals surface area contributed by atoms with E-state index in [0.717, 1.165) is 11.3 Å². The lowest BCUT2D eigenvalue weighted by molar-refractivity contribution is 1.07. The minimum Gasteiger partial charge on any atom is -0.326 e. The predicted molar refractivity (Wildman–Crippen MR) is 49.8 cm³/mol. The Morgan fingerprint density at radius 2 is 1.64 bits per heavy atom. The maximum absolute atomic E-state index is 5.44. The third kappa shape index (κ3) is 2.54. The van der Waals surface area contributed by atoms with Gasteiger partial charge in [0.15, 0.2) is 0 Å². The van der Waals surface area contributed by atoms with Gasteiger partial charge in [0.1, 0.15) is 0 Å². The Morgan fingerprint density at radius 1 is 1.09 bits per heavy atom. The number of hydrogen-bond acceptors (Lipinski definition) is 3. The second-order valence-electron chi connectivity index (χ2n) is 2.33. The van der Waals surface area contributed by atoms with Crippen molar-refractivity contribution in [1.82, 2.24) is 0 Å². The molecule has 1 aromatic rings. The summed E-state index contributed by atoms with van der Waals surface area (Å²) in [5.41, 5.74) is 7.85. The summed E-state index contributed by atoms with van der Waals surface area (Å²) in [5.74, 6) is 0.866. The van der Waals surface area contributed by atoms with Gasteiger partial charge in [0.05, 0.1) is 0 Å². The molecule has 0 unspecified atom stereocenters. The van der Waals surface area contributed by atoms with Gasteiger partial charge in [-0.25, -0.2) is 0 Å².